The molecule has 6 heteroatoms. The first-order valence-corrected chi connectivity index (χ1v) is 5.59. The van der Waals surface area contributed by atoms with Gasteiger partial charge in [0.25, 0.3) is 5.69 Å². The molecule has 0 spiro atoms. The third-order valence-corrected chi connectivity index (χ3v) is 2.76. The summed E-state index contributed by atoms with van der Waals surface area (Å²) in [4.78, 5) is 10.2. The highest BCUT2D eigenvalue weighted by molar-refractivity contribution is 9.10. The average Bonchev–Trinajstić information content (AvgIpc) is 2.21. The van der Waals surface area contributed by atoms with Gasteiger partial charge in [0, 0.05) is 12.6 Å². The molecule has 1 unspecified atom stereocenters. The Labute approximate surface area is 102 Å². The molecule has 1 aromatic rings. The van der Waals surface area contributed by atoms with Gasteiger partial charge in [-0.1, -0.05) is 6.07 Å². The summed E-state index contributed by atoms with van der Waals surface area (Å²) in [5, 5.41) is 13.7. The highest BCUT2D eigenvalue weighted by Crippen LogP contribution is 2.34. The number of nitrogens with zero attached hydrogens (tertiary/aromatic N) is 1. The number of halogens is 1. The van der Waals surface area contributed by atoms with E-state index in [0.717, 1.165) is 0 Å². The van der Waals surface area contributed by atoms with E-state index in [2.05, 4.69) is 21.2 Å². The summed E-state index contributed by atoms with van der Waals surface area (Å²) in [6.45, 7) is 2.57. The highest BCUT2D eigenvalue weighted by atomic mass is 79.9. The van der Waals surface area contributed by atoms with Crippen molar-refractivity contribution >= 4 is 21.6 Å². The first-order chi connectivity index (χ1) is 7.56. The minimum absolute atomic E-state index is 0.00848. The highest BCUT2D eigenvalue weighted by Gasteiger charge is 2.16. The van der Waals surface area contributed by atoms with Crippen molar-refractivity contribution in [2.75, 3.05) is 13.6 Å². The lowest BCUT2D eigenvalue weighted by atomic mass is 10.3. The predicted molar refractivity (Wildman–Crippen MR) is 64.8 cm³/mol. The van der Waals surface area contributed by atoms with E-state index in [9.17, 15) is 10.1 Å². The maximum Gasteiger partial charge on any atom is 0.287 e. The van der Waals surface area contributed by atoms with Gasteiger partial charge in [-0.2, -0.15) is 0 Å². The number of rotatable bonds is 5. The summed E-state index contributed by atoms with van der Waals surface area (Å²) >= 11 is 3.17. The first kappa shape index (κ1) is 12.9. The van der Waals surface area contributed by atoms with Gasteiger partial charge in [0.2, 0.25) is 0 Å². The zero-order valence-corrected chi connectivity index (χ0v) is 10.7. The van der Waals surface area contributed by atoms with Crippen molar-refractivity contribution in [1.29, 1.82) is 0 Å². The molecule has 88 valence electrons. The summed E-state index contributed by atoms with van der Waals surface area (Å²) in [7, 11) is 1.82. The van der Waals surface area contributed by atoms with Crippen LogP contribution in [0.25, 0.3) is 0 Å². The maximum absolute atomic E-state index is 10.7. The van der Waals surface area contributed by atoms with Crippen LogP contribution in [0.3, 0.4) is 0 Å². The lowest BCUT2D eigenvalue weighted by Crippen LogP contribution is -2.26. The smallest absolute Gasteiger partial charge is 0.287 e. The van der Waals surface area contributed by atoms with Crippen LogP contribution in [0, 0.1) is 10.1 Å². The maximum atomic E-state index is 10.7. The van der Waals surface area contributed by atoms with Gasteiger partial charge in [-0.3, -0.25) is 10.1 Å². The molecule has 0 aliphatic heterocycles. The Morgan fingerprint density at radius 3 is 2.88 bits per heavy atom. The lowest BCUT2D eigenvalue weighted by molar-refractivity contribution is -0.385. The zero-order valence-electron chi connectivity index (χ0n) is 9.07. The minimum atomic E-state index is -0.445. The number of ether oxygens (including phenoxy) is 1. The van der Waals surface area contributed by atoms with Gasteiger partial charge in [0.05, 0.1) is 4.92 Å². The van der Waals surface area contributed by atoms with Crippen LogP contribution in [0.1, 0.15) is 6.92 Å². The molecular weight excluding hydrogens is 276 g/mol. The van der Waals surface area contributed by atoms with E-state index in [1.54, 1.807) is 12.1 Å². The average molecular weight is 289 g/mol. The van der Waals surface area contributed by atoms with Crippen molar-refractivity contribution in [1.82, 2.24) is 5.32 Å². The fourth-order valence-corrected chi connectivity index (χ4v) is 1.78. The largest absolute Gasteiger partial charge is 0.488 e. The molecule has 0 aliphatic rings. The number of benzene rings is 1. The number of hydrogen-bond donors (Lipinski definition) is 1. The minimum Gasteiger partial charge on any atom is -0.488 e. The third-order valence-electron chi connectivity index (χ3n) is 1.96. The molecule has 0 amide bonds. The number of nitro groups is 1. The molecule has 0 bridgehead atoms. The summed E-state index contributed by atoms with van der Waals surface area (Å²) in [6.07, 6.45) is -0.0525. The van der Waals surface area contributed by atoms with E-state index in [0.29, 0.717) is 16.8 Å². The Hall–Kier alpha value is -1.14. The van der Waals surface area contributed by atoms with Crippen LogP contribution in [-0.4, -0.2) is 24.6 Å². The van der Waals surface area contributed by atoms with Crippen LogP contribution >= 0.6 is 15.9 Å². The Morgan fingerprint density at radius 2 is 2.31 bits per heavy atom. The van der Waals surface area contributed by atoms with E-state index in [4.69, 9.17) is 4.74 Å². The van der Waals surface area contributed by atoms with Crippen LogP contribution in [0.15, 0.2) is 22.7 Å². The topological polar surface area (TPSA) is 64.4 Å². The van der Waals surface area contributed by atoms with Crippen molar-refractivity contribution in [2.24, 2.45) is 0 Å². The van der Waals surface area contributed by atoms with Crippen LogP contribution in [0.5, 0.6) is 5.75 Å². The van der Waals surface area contributed by atoms with Crippen LogP contribution in [0.2, 0.25) is 0 Å². The van der Waals surface area contributed by atoms with Crippen molar-refractivity contribution < 1.29 is 9.66 Å². The van der Waals surface area contributed by atoms with Crippen molar-refractivity contribution in [3.05, 3.63) is 32.8 Å². The van der Waals surface area contributed by atoms with Crippen molar-refractivity contribution in [3.8, 4) is 5.75 Å². The molecule has 1 N–H and O–H groups in total. The monoisotopic (exact) mass is 288 g/mol. The molecule has 1 rings (SSSR count). The van der Waals surface area contributed by atoms with Gasteiger partial charge >= 0.3 is 0 Å². The molecule has 16 heavy (non-hydrogen) atoms. The normalized spacial score (nSPS) is 12.2. The summed E-state index contributed by atoms with van der Waals surface area (Å²) in [5.74, 6) is 0.483. The van der Waals surface area contributed by atoms with E-state index < -0.39 is 4.92 Å². The molecule has 0 radical (unpaired) electrons. The van der Waals surface area contributed by atoms with Gasteiger partial charge in [-0.05, 0) is 36.0 Å². The van der Waals surface area contributed by atoms with Crippen molar-refractivity contribution in [2.45, 2.75) is 13.0 Å². The van der Waals surface area contributed by atoms with E-state index in [1.807, 2.05) is 14.0 Å². The fourth-order valence-electron chi connectivity index (χ4n) is 1.28. The molecule has 1 atom stereocenters. The number of nitro benzene ring substituents is 1. The SMILES string of the molecule is CNCC(C)Oc1cccc([N+](=O)[O-])c1Br. The van der Waals surface area contributed by atoms with Crippen molar-refractivity contribution in [3.63, 3.8) is 0 Å². The molecule has 5 nitrogen and oxygen atoms in total. The molecule has 1 aromatic carbocycles. The molecule has 0 saturated carbocycles. The molecular formula is C10H13BrN2O3. The van der Waals surface area contributed by atoms with E-state index in [-0.39, 0.29) is 11.8 Å². The second-order valence-electron chi connectivity index (χ2n) is 3.33. The Morgan fingerprint density at radius 1 is 1.62 bits per heavy atom. The second-order valence-corrected chi connectivity index (χ2v) is 4.13. The lowest BCUT2D eigenvalue weighted by Gasteiger charge is -2.15. The van der Waals surface area contributed by atoms with Crippen LogP contribution < -0.4 is 10.1 Å². The molecule has 0 aliphatic carbocycles. The van der Waals surface area contributed by atoms with Gasteiger partial charge < -0.3 is 10.1 Å². The molecule has 0 aromatic heterocycles. The van der Waals surface area contributed by atoms with Gasteiger partial charge in [0.15, 0.2) is 0 Å². The van der Waals surface area contributed by atoms with E-state index in [1.165, 1.54) is 6.07 Å². The second kappa shape index (κ2) is 5.81. The summed E-state index contributed by atoms with van der Waals surface area (Å²) in [6, 6.07) is 4.73. The Bertz CT molecular complexity index is 384. The third kappa shape index (κ3) is 3.18. The van der Waals surface area contributed by atoms with Gasteiger partial charge in [0.1, 0.15) is 16.3 Å². The Kier molecular flexibility index (Phi) is 4.70. The van der Waals surface area contributed by atoms with Crippen LogP contribution in [-0.2, 0) is 0 Å². The molecule has 0 heterocycles. The molecule has 0 saturated heterocycles. The number of hydrogen-bond acceptors (Lipinski definition) is 4. The standard InChI is InChI=1S/C10H13BrN2O3/c1-7(6-12-2)16-9-5-3-4-8(10(9)11)13(14)15/h3-5,7,12H,6H2,1-2H3. The predicted octanol–water partition coefficient (Wildman–Crippen LogP) is 2.34. The first-order valence-electron chi connectivity index (χ1n) is 4.80. The zero-order chi connectivity index (χ0) is 12.1. The fraction of sp³-hybridized carbons (Fsp3) is 0.400. The van der Waals surface area contributed by atoms with Gasteiger partial charge in [-0.15, -0.1) is 0 Å². The van der Waals surface area contributed by atoms with Gasteiger partial charge in [-0.25, -0.2) is 0 Å². The number of likely N-dealkylation sites (N-methyl/N-ethyl adjacent to an activating group) is 1. The van der Waals surface area contributed by atoms with Crippen LogP contribution in [0.4, 0.5) is 5.69 Å². The van der Waals surface area contributed by atoms with E-state index >= 15 is 0 Å². The summed E-state index contributed by atoms with van der Waals surface area (Å²) < 4.78 is 5.94. The quantitative estimate of drug-likeness (QED) is 0.667. The Balaban J connectivity index is 2.89. The number of nitrogens with one attached hydrogen (secondary N) is 1. The molecule has 0 fully saturated rings. The summed E-state index contributed by atoms with van der Waals surface area (Å²) in [5.41, 5.74) is 0.00848.